The Hall–Kier alpha value is -3.15. The number of aromatic nitrogens is 2. The van der Waals surface area contributed by atoms with Gasteiger partial charge >= 0.3 is 0 Å². The highest BCUT2D eigenvalue weighted by molar-refractivity contribution is 5.91. The van der Waals surface area contributed by atoms with E-state index in [-0.39, 0.29) is 5.91 Å². The van der Waals surface area contributed by atoms with Gasteiger partial charge in [0.25, 0.3) is 5.91 Å². The number of furan rings is 1. The maximum absolute atomic E-state index is 12.7. The molecule has 1 aliphatic heterocycles. The highest BCUT2D eigenvalue weighted by atomic mass is 16.3. The van der Waals surface area contributed by atoms with Gasteiger partial charge in [0.05, 0.1) is 6.26 Å². The van der Waals surface area contributed by atoms with Crippen LogP contribution in [0.4, 0.5) is 5.82 Å². The fourth-order valence-corrected chi connectivity index (χ4v) is 4.18. The Morgan fingerprint density at radius 1 is 1.09 bits per heavy atom. The number of aryl methyl sites for hydroxylation is 2. The van der Waals surface area contributed by atoms with Crippen LogP contribution in [0.1, 0.15) is 64.9 Å². The zero-order valence-corrected chi connectivity index (χ0v) is 19.5. The van der Waals surface area contributed by atoms with E-state index in [0.29, 0.717) is 24.8 Å². The predicted octanol–water partition coefficient (Wildman–Crippen LogP) is 4.75. The van der Waals surface area contributed by atoms with Gasteiger partial charge in [-0.1, -0.05) is 43.7 Å². The minimum atomic E-state index is -0.0474. The van der Waals surface area contributed by atoms with Crippen molar-refractivity contribution in [2.45, 2.75) is 46.5 Å². The Labute approximate surface area is 190 Å². The molecule has 6 heteroatoms. The van der Waals surface area contributed by atoms with Crippen molar-refractivity contribution < 1.29 is 9.21 Å². The molecule has 6 nitrogen and oxygen atoms in total. The lowest BCUT2D eigenvalue weighted by Gasteiger charge is -2.36. The van der Waals surface area contributed by atoms with Gasteiger partial charge < -0.3 is 14.2 Å². The largest absolute Gasteiger partial charge is 0.459 e. The molecule has 0 aliphatic carbocycles. The number of amides is 1. The minimum absolute atomic E-state index is 0.0474. The molecule has 1 atom stereocenters. The molecule has 2 aromatic heterocycles. The Morgan fingerprint density at radius 3 is 2.53 bits per heavy atom. The summed E-state index contributed by atoms with van der Waals surface area (Å²) in [5.74, 6) is 2.58. The van der Waals surface area contributed by atoms with Crippen LogP contribution in [-0.2, 0) is 6.42 Å². The second-order valence-corrected chi connectivity index (χ2v) is 8.70. The van der Waals surface area contributed by atoms with Crippen LogP contribution in [0, 0.1) is 13.8 Å². The molecule has 1 aliphatic rings. The molecule has 0 saturated carbocycles. The van der Waals surface area contributed by atoms with Gasteiger partial charge in [0, 0.05) is 49.8 Å². The lowest BCUT2D eigenvalue weighted by atomic mass is 10.0. The summed E-state index contributed by atoms with van der Waals surface area (Å²) in [6.07, 6.45) is 3.35. The average Bonchev–Trinajstić information content (AvgIpc) is 3.34. The van der Waals surface area contributed by atoms with Gasteiger partial charge in [0.1, 0.15) is 11.6 Å². The van der Waals surface area contributed by atoms with Crippen LogP contribution < -0.4 is 4.90 Å². The fourth-order valence-electron chi connectivity index (χ4n) is 4.18. The highest BCUT2D eigenvalue weighted by Gasteiger charge is 2.27. The number of anilines is 1. The molecule has 1 amide bonds. The van der Waals surface area contributed by atoms with E-state index >= 15 is 0 Å². The first kappa shape index (κ1) is 22.1. The summed E-state index contributed by atoms with van der Waals surface area (Å²) in [6.45, 7) is 11.3. The molecule has 0 spiro atoms. The molecule has 1 aromatic carbocycles. The van der Waals surface area contributed by atoms with Gasteiger partial charge in [-0.3, -0.25) is 4.79 Å². The van der Waals surface area contributed by atoms with E-state index in [1.165, 1.54) is 16.7 Å². The molecule has 0 bridgehead atoms. The number of carbonyl (C=O) groups is 1. The molecule has 3 heterocycles. The van der Waals surface area contributed by atoms with Crippen LogP contribution in [0.25, 0.3) is 0 Å². The van der Waals surface area contributed by atoms with Gasteiger partial charge in [0.2, 0.25) is 0 Å². The van der Waals surface area contributed by atoms with E-state index in [1.807, 2.05) is 4.90 Å². The van der Waals surface area contributed by atoms with Crippen molar-refractivity contribution in [1.29, 1.82) is 0 Å². The number of carbonyl (C=O) groups excluding carboxylic acids is 1. The van der Waals surface area contributed by atoms with Gasteiger partial charge in [-0.05, 0) is 38.0 Å². The first-order chi connectivity index (χ1) is 15.5. The topological polar surface area (TPSA) is 62.5 Å². The number of hydrogen-bond donors (Lipinski definition) is 0. The van der Waals surface area contributed by atoms with E-state index in [0.717, 1.165) is 43.3 Å². The Morgan fingerprint density at radius 2 is 1.88 bits per heavy atom. The van der Waals surface area contributed by atoms with Crippen molar-refractivity contribution in [2.24, 2.45) is 0 Å². The van der Waals surface area contributed by atoms with Crippen LogP contribution in [0.2, 0.25) is 0 Å². The molecule has 0 unspecified atom stereocenters. The third kappa shape index (κ3) is 4.69. The van der Waals surface area contributed by atoms with E-state index in [9.17, 15) is 4.79 Å². The molecule has 168 valence electrons. The van der Waals surface area contributed by atoms with Crippen molar-refractivity contribution in [2.75, 3.05) is 31.1 Å². The smallest absolute Gasteiger partial charge is 0.289 e. The van der Waals surface area contributed by atoms with Crippen LogP contribution in [0.15, 0.2) is 47.1 Å². The van der Waals surface area contributed by atoms with E-state index in [1.54, 1.807) is 18.4 Å². The zero-order chi connectivity index (χ0) is 22.7. The van der Waals surface area contributed by atoms with Crippen LogP contribution in [0.5, 0.6) is 0 Å². The average molecular weight is 433 g/mol. The number of piperazine rings is 1. The Bertz CT molecular complexity index is 1070. The molecule has 3 aromatic rings. The van der Waals surface area contributed by atoms with Crippen molar-refractivity contribution in [3.05, 3.63) is 76.6 Å². The monoisotopic (exact) mass is 432 g/mol. The standard InChI is InChI=1S/C26H32N4O2/c1-5-19(3)24-27-20(4)22(17-21-9-6-8-18(2)16-21)25(28-24)29-11-13-30(14-12-29)26(31)23-10-7-15-32-23/h6-10,15-16,19H,5,11-14,17H2,1-4H3/t19-/m0/s1. The summed E-state index contributed by atoms with van der Waals surface area (Å²) in [7, 11) is 0. The summed E-state index contributed by atoms with van der Waals surface area (Å²) in [5, 5.41) is 0. The molecular weight excluding hydrogens is 400 g/mol. The summed E-state index contributed by atoms with van der Waals surface area (Å²) < 4.78 is 5.30. The number of nitrogens with zero attached hydrogens (tertiary/aromatic N) is 4. The number of rotatable bonds is 6. The number of benzene rings is 1. The lowest BCUT2D eigenvalue weighted by molar-refractivity contribution is 0.0714. The third-order valence-electron chi connectivity index (χ3n) is 6.32. The first-order valence-electron chi connectivity index (χ1n) is 11.5. The maximum Gasteiger partial charge on any atom is 0.289 e. The first-order valence-corrected chi connectivity index (χ1v) is 11.5. The minimum Gasteiger partial charge on any atom is -0.459 e. The Kier molecular flexibility index (Phi) is 6.58. The molecule has 0 N–H and O–H groups in total. The lowest BCUT2D eigenvalue weighted by Crippen LogP contribution is -2.49. The maximum atomic E-state index is 12.7. The third-order valence-corrected chi connectivity index (χ3v) is 6.32. The van der Waals surface area contributed by atoms with Crippen LogP contribution in [0.3, 0.4) is 0 Å². The van der Waals surface area contributed by atoms with E-state index < -0.39 is 0 Å². The summed E-state index contributed by atoms with van der Waals surface area (Å²) in [6, 6.07) is 12.1. The van der Waals surface area contributed by atoms with Gasteiger partial charge in [0.15, 0.2) is 5.76 Å². The molecule has 4 rings (SSSR count). The summed E-state index contributed by atoms with van der Waals surface area (Å²) in [4.78, 5) is 26.8. The van der Waals surface area contributed by atoms with Crippen molar-refractivity contribution in [3.63, 3.8) is 0 Å². The van der Waals surface area contributed by atoms with E-state index in [4.69, 9.17) is 14.4 Å². The molecule has 1 fully saturated rings. The molecule has 32 heavy (non-hydrogen) atoms. The van der Waals surface area contributed by atoms with Gasteiger partial charge in [-0.2, -0.15) is 0 Å². The SMILES string of the molecule is CC[C@H](C)c1nc(C)c(Cc2cccc(C)c2)c(N2CCN(C(=O)c3ccco3)CC2)n1. The second kappa shape index (κ2) is 9.55. The van der Waals surface area contributed by atoms with Crippen LogP contribution in [-0.4, -0.2) is 47.0 Å². The highest BCUT2D eigenvalue weighted by Crippen LogP contribution is 2.28. The predicted molar refractivity (Wildman–Crippen MR) is 126 cm³/mol. The summed E-state index contributed by atoms with van der Waals surface area (Å²) in [5.41, 5.74) is 4.74. The number of hydrogen-bond acceptors (Lipinski definition) is 5. The normalized spacial score (nSPS) is 15.1. The van der Waals surface area contributed by atoms with Gasteiger partial charge in [-0.25, -0.2) is 9.97 Å². The fraction of sp³-hybridized carbons (Fsp3) is 0.423. The van der Waals surface area contributed by atoms with Crippen LogP contribution >= 0.6 is 0 Å². The zero-order valence-electron chi connectivity index (χ0n) is 19.5. The second-order valence-electron chi connectivity index (χ2n) is 8.70. The summed E-state index contributed by atoms with van der Waals surface area (Å²) >= 11 is 0. The van der Waals surface area contributed by atoms with Crippen molar-refractivity contribution >= 4 is 11.7 Å². The molecule has 1 saturated heterocycles. The van der Waals surface area contributed by atoms with E-state index in [2.05, 4.69) is 56.9 Å². The van der Waals surface area contributed by atoms with Crippen molar-refractivity contribution in [1.82, 2.24) is 14.9 Å². The quantitative estimate of drug-likeness (QED) is 0.562. The molecular formula is C26H32N4O2. The van der Waals surface area contributed by atoms with Gasteiger partial charge in [-0.15, -0.1) is 0 Å². The molecule has 0 radical (unpaired) electrons. The Balaban J connectivity index is 1.61. The van der Waals surface area contributed by atoms with Crippen molar-refractivity contribution in [3.8, 4) is 0 Å².